The lowest BCUT2D eigenvalue weighted by molar-refractivity contribution is -0.124. The molecule has 0 spiro atoms. The molecule has 0 aliphatic carbocycles. The summed E-state index contributed by atoms with van der Waals surface area (Å²) in [6.07, 6.45) is 86.9. The van der Waals surface area contributed by atoms with Crippen molar-refractivity contribution in [2.24, 2.45) is 0 Å². The van der Waals surface area contributed by atoms with Gasteiger partial charge in [-0.3, -0.25) is 4.79 Å². The lowest BCUT2D eigenvalue weighted by Crippen LogP contribution is -2.45. The van der Waals surface area contributed by atoms with Crippen LogP contribution in [0.3, 0.4) is 0 Å². The van der Waals surface area contributed by atoms with Crippen LogP contribution in [0.15, 0.2) is 36.5 Å². The van der Waals surface area contributed by atoms with Crippen molar-refractivity contribution in [3.05, 3.63) is 36.5 Å². The fourth-order valence-electron chi connectivity index (χ4n) is 10.9. The van der Waals surface area contributed by atoms with Crippen LogP contribution in [-0.2, 0) is 4.79 Å². The zero-order chi connectivity index (χ0) is 54.3. The predicted molar refractivity (Wildman–Crippen MR) is 333 cm³/mol. The van der Waals surface area contributed by atoms with Crippen LogP contribution in [-0.4, -0.2) is 46.1 Å². The van der Waals surface area contributed by atoms with Gasteiger partial charge < -0.3 is 20.6 Å². The summed E-state index contributed by atoms with van der Waals surface area (Å²) < 4.78 is 0. The maximum atomic E-state index is 12.6. The summed E-state index contributed by atoms with van der Waals surface area (Å²) >= 11 is 0. The van der Waals surface area contributed by atoms with Crippen LogP contribution in [0.25, 0.3) is 0 Å². The largest absolute Gasteiger partial charge is 0.394 e. The molecule has 0 aromatic rings. The van der Waals surface area contributed by atoms with E-state index < -0.39 is 18.2 Å². The predicted octanol–water partition coefficient (Wildman–Crippen LogP) is 22.1. The maximum absolute atomic E-state index is 12.6. The summed E-state index contributed by atoms with van der Waals surface area (Å²) in [4.78, 5) is 12.6. The first-order valence-electron chi connectivity index (χ1n) is 34.3. The molecule has 3 unspecified atom stereocenters. The molecule has 5 nitrogen and oxygen atoms in total. The molecule has 4 N–H and O–H groups in total. The molecule has 0 bridgehead atoms. The fourth-order valence-corrected chi connectivity index (χ4v) is 10.9. The molecule has 75 heavy (non-hydrogen) atoms. The van der Waals surface area contributed by atoms with Gasteiger partial charge in [0.25, 0.3) is 0 Å². The number of aliphatic hydroxyl groups excluding tert-OH is 3. The molecule has 0 fully saturated rings. The van der Waals surface area contributed by atoms with E-state index in [9.17, 15) is 20.1 Å². The second kappa shape index (κ2) is 65.1. The molecule has 5 heteroatoms. The van der Waals surface area contributed by atoms with E-state index >= 15 is 0 Å². The second-order valence-corrected chi connectivity index (χ2v) is 23.8. The minimum absolute atomic E-state index is 0.00840. The molecule has 0 heterocycles. The molecular formula is C70H135NO4. The summed E-state index contributed by atoms with van der Waals surface area (Å²) in [6.45, 7) is 4.25. The Kier molecular flexibility index (Phi) is 63.8. The number of allylic oxidation sites excluding steroid dienone is 5. The highest BCUT2D eigenvalue weighted by molar-refractivity contribution is 5.76. The van der Waals surface area contributed by atoms with Crippen molar-refractivity contribution >= 4 is 5.91 Å². The topological polar surface area (TPSA) is 89.8 Å². The van der Waals surface area contributed by atoms with Gasteiger partial charge in [-0.2, -0.15) is 0 Å². The highest BCUT2D eigenvalue weighted by Crippen LogP contribution is 2.19. The Morgan fingerprint density at radius 1 is 0.333 bits per heavy atom. The van der Waals surface area contributed by atoms with Gasteiger partial charge in [-0.25, -0.2) is 0 Å². The van der Waals surface area contributed by atoms with Gasteiger partial charge in [0.15, 0.2) is 0 Å². The number of carbonyl (C=O) groups excluding carboxylic acids is 1. The molecule has 0 aliphatic heterocycles. The zero-order valence-corrected chi connectivity index (χ0v) is 51.0. The van der Waals surface area contributed by atoms with E-state index in [4.69, 9.17) is 0 Å². The van der Waals surface area contributed by atoms with Gasteiger partial charge in [-0.05, 0) is 57.8 Å². The number of aliphatic hydroxyl groups is 3. The molecule has 0 saturated heterocycles. The molecule has 0 aromatic heterocycles. The van der Waals surface area contributed by atoms with Crippen LogP contribution in [0.2, 0.25) is 0 Å². The van der Waals surface area contributed by atoms with Crippen molar-refractivity contribution in [3.63, 3.8) is 0 Å². The molecule has 1 amide bonds. The fraction of sp³-hybridized carbons (Fsp3) is 0.900. The normalized spacial score (nSPS) is 13.3. The highest BCUT2D eigenvalue weighted by Gasteiger charge is 2.20. The monoisotopic (exact) mass is 1050 g/mol. The molecule has 444 valence electrons. The van der Waals surface area contributed by atoms with Crippen LogP contribution in [0.4, 0.5) is 0 Å². The summed E-state index contributed by atoms with van der Waals surface area (Å²) in [7, 11) is 0. The van der Waals surface area contributed by atoms with E-state index in [0.717, 1.165) is 32.1 Å². The van der Waals surface area contributed by atoms with Gasteiger partial charge in [-0.1, -0.05) is 352 Å². The summed E-state index contributed by atoms with van der Waals surface area (Å²) in [6, 6.07) is -0.762. The van der Waals surface area contributed by atoms with Gasteiger partial charge in [0, 0.05) is 0 Å². The summed E-state index contributed by atoms with van der Waals surface area (Å²) in [5, 5.41) is 33.6. The Morgan fingerprint density at radius 3 is 0.853 bits per heavy atom. The van der Waals surface area contributed by atoms with Gasteiger partial charge in [0.05, 0.1) is 31.3 Å². The quantitative estimate of drug-likeness (QED) is 0.0361. The molecule has 0 radical (unpaired) electrons. The first kappa shape index (κ1) is 73.6. The molecule has 3 atom stereocenters. The van der Waals surface area contributed by atoms with E-state index in [1.807, 2.05) is 6.08 Å². The van der Waals surface area contributed by atoms with Gasteiger partial charge in [0.2, 0.25) is 5.91 Å². The number of nitrogens with one attached hydrogen (secondary N) is 1. The standard InChI is InChI=1S/C70H135NO4/c1-3-5-7-9-11-13-15-17-19-21-23-25-27-28-29-30-31-32-33-34-35-36-37-38-39-40-42-43-45-47-49-51-53-55-57-59-61-63-67(73)65-70(75)71-68(66-72)69(74)64-62-60-58-56-54-52-50-48-46-44-41-26-24-22-20-18-16-14-12-10-8-6-4-2/h34-35,54,56,62,64,67-69,72-74H,3-33,36-53,55,57-61,63,65-66H2,1-2H3,(H,71,75)/b35-34-,56-54+,64-62+. The number of carbonyl (C=O) groups is 1. The second-order valence-electron chi connectivity index (χ2n) is 23.8. The Hall–Kier alpha value is -1.43. The Balaban J connectivity index is 3.50. The third kappa shape index (κ3) is 61.6. The van der Waals surface area contributed by atoms with Crippen molar-refractivity contribution in [1.29, 1.82) is 0 Å². The number of hydrogen-bond acceptors (Lipinski definition) is 4. The smallest absolute Gasteiger partial charge is 0.222 e. The van der Waals surface area contributed by atoms with Crippen LogP contribution in [0, 0.1) is 0 Å². The number of amides is 1. The Bertz CT molecular complexity index is 1170. The van der Waals surface area contributed by atoms with Crippen LogP contribution < -0.4 is 5.32 Å². The summed E-state index contributed by atoms with van der Waals surface area (Å²) in [5.41, 5.74) is 0. The van der Waals surface area contributed by atoms with Crippen molar-refractivity contribution in [2.45, 2.75) is 398 Å². The maximum Gasteiger partial charge on any atom is 0.222 e. The van der Waals surface area contributed by atoms with E-state index in [1.54, 1.807) is 6.08 Å². The van der Waals surface area contributed by atoms with Crippen molar-refractivity contribution in [3.8, 4) is 0 Å². The molecule has 0 rings (SSSR count). The average molecular weight is 1050 g/mol. The van der Waals surface area contributed by atoms with E-state index in [1.165, 1.54) is 321 Å². The Morgan fingerprint density at radius 2 is 0.573 bits per heavy atom. The number of rotatable bonds is 64. The van der Waals surface area contributed by atoms with E-state index in [-0.39, 0.29) is 18.9 Å². The van der Waals surface area contributed by atoms with Gasteiger partial charge in [-0.15, -0.1) is 0 Å². The van der Waals surface area contributed by atoms with Gasteiger partial charge in [0.1, 0.15) is 0 Å². The molecule has 0 aromatic carbocycles. The van der Waals surface area contributed by atoms with Crippen molar-refractivity contribution in [1.82, 2.24) is 5.32 Å². The van der Waals surface area contributed by atoms with Crippen LogP contribution >= 0.6 is 0 Å². The summed E-state index contributed by atoms with van der Waals surface area (Å²) in [5.74, 6) is -0.319. The first-order valence-corrected chi connectivity index (χ1v) is 34.3. The van der Waals surface area contributed by atoms with Crippen molar-refractivity contribution in [2.75, 3.05) is 6.61 Å². The van der Waals surface area contributed by atoms with E-state index in [2.05, 4.69) is 43.5 Å². The number of hydrogen-bond donors (Lipinski definition) is 4. The van der Waals surface area contributed by atoms with E-state index in [0.29, 0.717) is 6.42 Å². The highest BCUT2D eigenvalue weighted by atomic mass is 16.3. The molecule has 0 saturated carbocycles. The van der Waals surface area contributed by atoms with Crippen molar-refractivity contribution < 1.29 is 20.1 Å². The first-order chi connectivity index (χ1) is 37.0. The lowest BCUT2D eigenvalue weighted by Gasteiger charge is -2.21. The minimum atomic E-state index is -0.953. The zero-order valence-electron chi connectivity index (χ0n) is 51.0. The third-order valence-corrected chi connectivity index (χ3v) is 16.1. The molecule has 0 aliphatic rings. The minimum Gasteiger partial charge on any atom is -0.394 e. The van der Waals surface area contributed by atoms with Crippen LogP contribution in [0.5, 0.6) is 0 Å². The Labute approximate surface area is 470 Å². The SMILES string of the molecule is CCCCCCCCCCCCCCCCCCC/C=C/CC/C=C/C(O)C(CO)NC(=O)CC(O)CCCCCCCCCCCCCCCCC/C=C\CCCCCCCCCCCCCCCCCCCC. The molecular weight excluding hydrogens is 919 g/mol. The average Bonchev–Trinajstić information content (AvgIpc) is 3.41. The third-order valence-electron chi connectivity index (χ3n) is 16.1. The van der Waals surface area contributed by atoms with Gasteiger partial charge >= 0.3 is 0 Å². The number of unbranched alkanes of at least 4 members (excludes halogenated alkanes) is 51. The lowest BCUT2D eigenvalue weighted by atomic mass is 10.0. The van der Waals surface area contributed by atoms with Crippen LogP contribution in [0.1, 0.15) is 380 Å².